The van der Waals surface area contributed by atoms with E-state index in [-0.39, 0.29) is 0 Å². The molecule has 0 amide bonds. The summed E-state index contributed by atoms with van der Waals surface area (Å²) in [4.78, 5) is 0. The van der Waals surface area contributed by atoms with E-state index in [1.54, 1.807) is 0 Å². The average molecular weight is 118 g/mol. The molecule has 0 aromatic heterocycles. The standard InChI is InChI=1S/C3H7.Ni.O/c1-3-2;;/h3H,1-2H3;;. The molecular weight excluding hydrogens is 111 g/mol. The van der Waals surface area contributed by atoms with Crippen LogP contribution >= 0.6 is 0 Å². The van der Waals surface area contributed by atoms with E-state index in [1.807, 2.05) is 20.3 Å². The monoisotopic (exact) mass is 117 g/mol. The second-order valence-electron chi connectivity index (χ2n) is 0.577. The summed E-state index contributed by atoms with van der Waals surface area (Å²) < 4.78 is 7.88. The van der Waals surface area contributed by atoms with E-state index in [1.165, 1.54) is 0 Å². The van der Waals surface area contributed by atoms with Gasteiger partial charge < -0.3 is 0 Å². The van der Waals surface area contributed by atoms with Gasteiger partial charge in [-0.3, -0.25) is 0 Å². The Hall–Kier alpha value is 0.294. The fourth-order valence-electron chi connectivity index (χ4n) is 0. The van der Waals surface area contributed by atoms with Crippen LogP contribution in [0, 0.1) is 6.42 Å². The van der Waals surface area contributed by atoms with Crippen molar-refractivity contribution < 1.29 is 19.3 Å². The van der Waals surface area contributed by atoms with Crippen molar-refractivity contribution in [3.8, 4) is 0 Å². The summed E-state index contributed by atoms with van der Waals surface area (Å²) >= 11 is 2.62. The summed E-state index contributed by atoms with van der Waals surface area (Å²) in [6.07, 6.45) is 2.00. The molecule has 0 aliphatic heterocycles. The van der Waals surface area contributed by atoms with Crippen molar-refractivity contribution in [3.63, 3.8) is 0 Å². The topological polar surface area (TPSA) is 17.1 Å². The molecule has 0 N–H and O–H groups in total. The molecule has 5 heavy (non-hydrogen) atoms. The SMILES string of the molecule is C[CH]C.[O]=[Ni]. The molecule has 0 saturated carbocycles. The van der Waals surface area contributed by atoms with Crippen LogP contribution in [0.4, 0.5) is 0 Å². The van der Waals surface area contributed by atoms with Crippen LogP contribution in [0.1, 0.15) is 13.8 Å². The fourth-order valence-corrected chi connectivity index (χ4v) is 0. The summed E-state index contributed by atoms with van der Waals surface area (Å²) in [5, 5.41) is 0. The van der Waals surface area contributed by atoms with Gasteiger partial charge in [0.1, 0.15) is 0 Å². The molecule has 0 saturated heterocycles. The van der Waals surface area contributed by atoms with E-state index in [2.05, 4.69) is 15.4 Å². The van der Waals surface area contributed by atoms with Crippen LogP contribution in [0.2, 0.25) is 0 Å². The molecule has 0 bridgehead atoms. The summed E-state index contributed by atoms with van der Waals surface area (Å²) in [6, 6.07) is 0. The van der Waals surface area contributed by atoms with Gasteiger partial charge in [-0.05, 0) is 6.42 Å². The molecule has 0 heterocycles. The zero-order chi connectivity index (χ0) is 4.71. The molecular formula is C3H7NiO. The minimum atomic E-state index is 2.00. The van der Waals surface area contributed by atoms with E-state index in [0.29, 0.717) is 0 Å². The van der Waals surface area contributed by atoms with E-state index < -0.39 is 0 Å². The molecule has 2 heteroatoms. The molecule has 0 unspecified atom stereocenters. The zero-order valence-electron chi connectivity index (χ0n) is 3.30. The Morgan fingerprint density at radius 1 is 1.40 bits per heavy atom. The number of hydrogen-bond acceptors (Lipinski definition) is 1. The first-order chi connectivity index (χ1) is 2.41. The second-order valence-corrected chi connectivity index (χ2v) is 0.577. The van der Waals surface area contributed by atoms with E-state index in [9.17, 15) is 0 Å². The maximum atomic E-state index is 7.88. The van der Waals surface area contributed by atoms with E-state index >= 15 is 0 Å². The Bertz CT molecular complexity index is 10.9. The third-order valence-electron chi connectivity index (χ3n) is 0. The third-order valence-corrected chi connectivity index (χ3v) is 0. The molecule has 0 fully saturated rings. The first kappa shape index (κ1) is 9.00. The average Bonchev–Trinajstić information content (AvgIpc) is 1.46. The van der Waals surface area contributed by atoms with Crippen molar-refractivity contribution in [2.24, 2.45) is 0 Å². The van der Waals surface area contributed by atoms with Crippen LogP contribution < -0.4 is 0 Å². The Kier molecular flexibility index (Phi) is 50.1. The normalized spacial score (nSPS) is 4.80. The second kappa shape index (κ2) is 27.8. The van der Waals surface area contributed by atoms with E-state index in [0.717, 1.165) is 0 Å². The molecule has 0 spiro atoms. The van der Waals surface area contributed by atoms with Crippen molar-refractivity contribution in [1.29, 1.82) is 0 Å². The summed E-state index contributed by atoms with van der Waals surface area (Å²) in [5.74, 6) is 0. The van der Waals surface area contributed by atoms with Crippen LogP contribution in [-0.2, 0) is 19.3 Å². The third kappa shape index (κ3) is 262. The van der Waals surface area contributed by atoms with Crippen LogP contribution in [-0.4, -0.2) is 0 Å². The van der Waals surface area contributed by atoms with Crippen molar-refractivity contribution >= 4 is 0 Å². The van der Waals surface area contributed by atoms with Gasteiger partial charge in [-0.25, -0.2) is 0 Å². The van der Waals surface area contributed by atoms with Gasteiger partial charge in [-0.15, -0.1) is 0 Å². The molecule has 0 rings (SSSR count). The minimum absolute atomic E-state index is 2.00. The van der Waals surface area contributed by atoms with Gasteiger partial charge in [-0.1, -0.05) is 13.8 Å². The maximum absolute atomic E-state index is 7.88. The van der Waals surface area contributed by atoms with Gasteiger partial charge in [0.25, 0.3) is 0 Å². The van der Waals surface area contributed by atoms with Crippen LogP contribution in [0.5, 0.6) is 0 Å². The van der Waals surface area contributed by atoms with Gasteiger partial charge in [0.15, 0.2) is 0 Å². The van der Waals surface area contributed by atoms with Gasteiger partial charge >= 0.3 is 19.3 Å². The molecule has 35 valence electrons. The number of rotatable bonds is 0. The predicted molar refractivity (Wildman–Crippen MR) is 16.3 cm³/mol. The fraction of sp³-hybridized carbons (Fsp3) is 0.667. The van der Waals surface area contributed by atoms with Crippen molar-refractivity contribution in [3.05, 3.63) is 6.42 Å². The van der Waals surface area contributed by atoms with Gasteiger partial charge in [-0.2, -0.15) is 0 Å². The Morgan fingerprint density at radius 2 is 1.40 bits per heavy atom. The number of hydrogen-bond donors (Lipinski definition) is 0. The summed E-state index contributed by atoms with van der Waals surface area (Å²) in [6.45, 7) is 4.00. The van der Waals surface area contributed by atoms with Crippen molar-refractivity contribution in [2.75, 3.05) is 0 Å². The predicted octanol–water partition coefficient (Wildman–Crippen LogP) is 1.11. The van der Waals surface area contributed by atoms with E-state index in [4.69, 9.17) is 3.90 Å². The molecule has 0 aromatic carbocycles. The first-order valence-corrected chi connectivity index (χ1v) is 1.69. The Balaban J connectivity index is 0. The van der Waals surface area contributed by atoms with Gasteiger partial charge in [0, 0.05) is 0 Å². The Labute approximate surface area is 40.3 Å². The van der Waals surface area contributed by atoms with Gasteiger partial charge in [0.05, 0.1) is 0 Å². The van der Waals surface area contributed by atoms with Crippen LogP contribution in [0.25, 0.3) is 0 Å². The Morgan fingerprint density at radius 3 is 1.40 bits per heavy atom. The van der Waals surface area contributed by atoms with Crippen molar-refractivity contribution in [2.45, 2.75) is 13.8 Å². The molecule has 0 aliphatic carbocycles. The van der Waals surface area contributed by atoms with Crippen molar-refractivity contribution in [1.82, 2.24) is 0 Å². The van der Waals surface area contributed by atoms with Crippen LogP contribution in [0.3, 0.4) is 0 Å². The summed E-state index contributed by atoms with van der Waals surface area (Å²) in [5.41, 5.74) is 0. The first-order valence-electron chi connectivity index (χ1n) is 1.28. The summed E-state index contributed by atoms with van der Waals surface area (Å²) in [7, 11) is 0. The quantitative estimate of drug-likeness (QED) is 0.435. The molecule has 0 atom stereocenters. The molecule has 1 nitrogen and oxygen atoms in total. The molecule has 1 radical (unpaired) electrons. The zero-order valence-corrected chi connectivity index (χ0v) is 4.29. The van der Waals surface area contributed by atoms with Crippen LogP contribution in [0.15, 0.2) is 0 Å². The van der Waals surface area contributed by atoms with Gasteiger partial charge in [0.2, 0.25) is 0 Å². The molecule has 0 aromatic rings. The molecule has 0 aliphatic rings.